The van der Waals surface area contributed by atoms with E-state index in [-0.39, 0.29) is 0 Å². The van der Waals surface area contributed by atoms with E-state index in [9.17, 15) is 0 Å². The highest BCUT2D eigenvalue weighted by Gasteiger charge is 2.01. The molecule has 0 saturated heterocycles. The maximum Gasteiger partial charge on any atom is -0.00189 e. The summed E-state index contributed by atoms with van der Waals surface area (Å²) in [6, 6.07) is 0. The Morgan fingerprint density at radius 2 is 0.800 bits per heavy atom. The summed E-state index contributed by atoms with van der Waals surface area (Å²) >= 11 is 0. The van der Waals surface area contributed by atoms with Gasteiger partial charge in [-0.2, -0.15) is 0 Å². The third-order valence-corrected chi connectivity index (χ3v) is 4.35. The first-order chi connectivity index (χ1) is 9.85. The molecule has 1 heteroatoms. The SMILES string of the molecule is CCCCCCCCCN(CC)CCCCCCCC. The number of hydrogen-bond acceptors (Lipinski definition) is 1. The summed E-state index contributed by atoms with van der Waals surface area (Å²) in [7, 11) is 0. The normalized spacial score (nSPS) is 11.4. The monoisotopic (exact) mass is 283 g/mol. The minimum Gasteiger partial charge on any atom is -0.304 e. The van der Waals surface area contributed by atoms with Crippen LogP contribution in [0.3, 0.4) is 0 Å². The van der Waals surface area contributed by atoms with Gasteiger partial charge in [0.2, 0.25) is 0 Å². The molecule has 0 aliphatic heterocycles. The fourth-order valence-electron chi connectivity index (χ4n) is 2.84. The lowest BCUT2D eigenvalue weighted by Gasteiger charge is -2.20. The lowest BCUT2D eigenvalue weighted by atomic mass is 10.1. The lowest BCUT2D eigenvalue weighted by Crippen LogP contribution is -2.25. The van der Waals surface area contributed by atoms with Crippen LogP contribution in [0.5, 0.6) is 0 Å². The van der Waals surface area contributed by atoms with Crippen LogP contribution in [0.1, 0.15) is 104 Å². The van der Waals surface area contributed by atoms with Crippen LogP contribution in [0.4, 0.5) is 0 Å². The fourth-order valence-corrected chi connectivity index (χ4v) is 2.84. The Labute approximate surface area is 129 Å². The molecule has 0 aliphatic carbocycles. The van der Waals surface area contributed by atoms with Gasteiger partial charge in [-0.05, 0) is 32.5 Å². The summed E-state index contributed by atoms with van der Waals surface area (Å²) in [5, 5.41) is 0. The molecule has 0 fully saturated rings. The standard InChI is InChI=1S/C19H41N/c1-4-7-9-11-13-15-17-19-20(6-3)18-16-14-12-10-8-5-2/h4-19H2,1-3H3. The van der Waals surface area contributed by atoms with Crippen molar-refractivity contribution < 1.29 is 0 Å². The first-order valence-corrected chi connectivity index (χ1v) is 9.57. The van der Waals surface area contributed by atoms with E-state index in [4.69, 9.17) is 0 Å². The summed E-state index contributed by atoms with van der Waals surface area (Å²) < 4.78 is 0. The van der Waals surface area contributed by atoms with Crippen molar-refractivity contribution in [1.82, 2.24) is 4.90 Å². The highest BCUT2D eigenvalue weighted by molar-refractivity contribution is 4.57. The molecule has 0 aromatic rings. The molecule has 1 nitrogen and oxygen atoms in total. The Kier molecular flexibility index (Phi) is 17.0. The third kappa shape index (κ3) is 14.4. The predicted molar refractivity (Wildman–Crippen MR) is 93.5 cm³/mol. The number of unbranched alkanes of at least 4 members (excludes halogenated alkanes) is 11. The number of nitrogens with zero attached hydrogens (tertiary/aromatic N) is 1. The molecule has 0 aliphatic rings. The zero-order chi connectivity index (χ0) is 14.9. The zero-order valence-electron chi connectivity index (χ0n) is 14.8. The molecule has 0 aromatic heterocycles. The van der Waals surface area contributed by atoms with E-state index in [1.54, 1.807) is 0 Å². The van der Waals surface area contributed by atoms with Crippen LogP contribution in [0, 0.1) is 0 Å². The van der Waals surface area contributed by atoms with Gasteiger partial charge in [-0.3, -0.25) is 0 Å². The van der Waals surface area contributed by atoms with Crippen molar-refractivity contribution in [3.8, 4) is 0 Å². The molecule has 0 atom stereocenters. The molecule has 0 aromatic carbocycles. The molecule has 0 unspecified atom stereocenters. The summed E-state index contributed by atoms with van der Waals surface area (Å²) in [6.45, 7) is 10.8. The Balaban J connectivity index is 3.29. The van der Waals surface area contributed by atoms with Gasteiger partial charge < -0.3 is 4.90 Å². The molecular weight excluding hydrogens is 242 g/mol. The van der Waals surface area contributed by atoms with Crippen LogP contribution in [0.25, 0.3) is 0 Å². The Morgan fingerprint density at radius 1 is 0.450 bits per heavy atom. The van der Waals surface area contributed by atoms with Crippen molar-refractivity contribution in [3.05, 3.63) is 0 Å². The highest BCUT2D eigenvalue weighted by Crippen LogP contribution is 2.09. The molecule has 0 spiro atoms. The van der Waals surface area contributed by atoms with Crippen LogP contribution in [-0.2, 0) is 0 Å². The molecule has 122 valence electrons. The summed E-state index contributed by atoms with van der Waals surface area (Å²) in [5.74, 6) is 0. The molecule has 0 N–H and O–H groups in total. The van der Waals surface area contributed by atoms with Gasteiger partial charge in [0, 0.05) is 0 Å². The summed E-state index contributed by atoms with van der Waals surface area (Å²) in [4.78, 5) is 2.66. The van der Waals surface area contributed by atoms with Crippen molar-refractivity contribution in [1.29, 1.82) is 0 Å². The molecule has 0 saturated carbocycles. The first-order valence-electron chi connectivity index (χ1n) is 9.57. The van der Waals surface area contributed by atoms with Gasteiger partial charge >= 0.3 is 0 Å². The van der Waals surface area contributed by atoms with Gasteiger partial charge in [0.25, 0.3) is 0 Å². The molecular formula is C19H41N. The van der Waals surface area contributed by atoms with Crippen LogP contribution < -0.4 is 0 Å². The second-order valence-electron chi connectivity index (χ2n) is 6.32. The predicted octanol–water partition coefficient (Wildman–Crippen LogP) is 6.42. The smallest absolute Gasteiger partial charge is 0.00189 e. The Bertz CT molecular complexity index is 167. The third-order valence-electron chi connectivity index (χ3n) is 4.35. The zero-order valence-corrected chi connectivity index (χ0v) is 14.8. The maximum atomic E-state index is 2.66. The molecule has 0 amide bonds. The van der Waals surface area contributed by atoms with Gasteiger partial charge in [-0.25, -0.2) is 0 Å². The maximum absolute atomic E-state index is 2.66. The summed E-state index contributed by atoms with van der Waals surface area (Å²) in [6.07, 6.45) is 18.5. The van der Waals surface area contributed by atoms with E-state index in [0.717, 1.165) is 0 Å². The van der Waals surface area contributed by atoms with Crippen molar-refractivity contribution >= 4 is 0 Å². The number of hydrogen-bond donors (Lipinski definition) is 0. The van der Waals surface area contributed by atoms with E-state index in [1.807, 2.05) is 0 Å². The Morgan fingerprint density at radius 3 is 1.15 bits per heavy atom. The number of rotatable bonds is 16. The summed E-state index contributed by atoms with van der Waals surface area (Å²) in [5.41, 5.74) is 0. The van der Waals surface area contributed by atoms with Crippen LogP contribution in [-0.4, -0.2) is 24.5 Å². The second-order valence-corrected chi connectivity index (χ2v) is 6.32. The van der Waals surface area contributed by atoms with Gasteiger partial charge in [-0.1, -0.05) is 91.4 Å². The van der Waals surface area contributed by atoms with Gasteiger partial charge in [0.1, 0.15) is 0 Å². The Hall–Kier alpha value is -0.0400. The van der Waals surface area contributed by atoms with E-state index in [2.05, 4.69) is 25.7 Å². The van der Waals surface area contributed by atoms with Gasteiger partial charge in [0.15, 0.2) is 0 Å². The van der Waals surface area contributed by atoms with Gasteiger partial charge in [0.05, 0.1) is 0 Å². The molecule has 0 radical (unpaired) electrons. The largest absolute Gasteiger partial charge is 0.304 e. The van der Waals surface area contributed by atoms with E-state index in [1.165, 1.54) is 103 Å². The quantitative estimate of drug-likeness (QED) is 0.295. The van der Waals surface area contributed by atoms with Crippen LogP contribution in [0.15, 0.2) is 0 Å². The van der Waals surface area contributed by atoms with Crippen molar-refractivity contribution in [2.75, 3.05) is 19.6 Å². The lowest BCUT2D eigenvalue weighted by molar-refractivity contribution is 0.273. The molecule has 0 rings (SSSR count). The fraction of sp³-hybridized carbons (Fsp3) is 1.00. The highest BCUT2D eigenvalue weighted by atomic mass is 15.1. The topological polar surface area (TPSA) is 3.24 Å². The van der Waals surface area contributed by atoms with Crippen molar-refractivity contribution in [2.24, 2.45) is 0 Å². The first kappa shape index (κ1) is 20.0. The van der Waals surface area contributed by atoms with E-state index < -0.39 is 0 Å². The second kappa shape index (κ2) is 17.0. The molecule has 0 heterocycles. The molecule has 0 bridgehead atoms. The van der Waals surface area contributed by atoms with E-state index in [0.29, 0.717) is 0 Å². The minimum atomic E-state index is 1.24. The van der Waals surface area contributed by atoms with Crippen LogP contribution >= 0.6 is 0 Å². The van der Waals surface area contributed by atoms with E-state index >= 15 is 0 Å². The average molecular weight is 284 g/mol. The van der Waals surface area contributed by atoms with Crippen molar-refractivity contribution in [2.45, 2.75) is 104 Å². The van der Waals surface area contributed by atoms with Gasteiger partial charge in [-0.15, -0.1) is 0 Å². The minimum absolute atomic E-state index is 1.24. The average Bonchev–Trinajstić information content (AvgIpc) is 2.47. The van der Waals surface area contributed by atoms with Crippen LogP contribution in [0.2, 0.25) is 0 Å². The van der Waals surface area contributed by atoms with Crippen molar-refractivity contribution in [3.63, 3.8) is 0 Å². The molecule has 20 heavy (non-hydrogen) atoms.